The third-order valence-electron chi connectivity index (χ3n) is 5.07. The molecule has 2 aromatic carbocycles. The molecular formula is C22H30N2O5S. The molecule has 1 N–H and O–H groups in total. The first-order valence-electron chi connectivity index (χ1n) is 9.54. The van der Waals surface area contributed by atoms with Crippen molar-refractivity contribution in [3.63, 3.8) is 0 Å². The van der Waals surface area contributed by atoms with E-state index in [9.17, 15) is 13.2 Å². The number of ether oxygens (including phenoxy) is 2. The molecular weight excluding hydrogens is 404 g/mol. The monoisotopic (exact) mass is 434 g/mol. The second-order valence-corrected chi connectivity index (χ2v) is 9.30. The van der Waals surface area contributed by atoms with Crippen LogP contribution in [-0.4, -0.2) is 41.3 Å². The Morgan fingerprint density at radius 2 is 1.67 bits per heavy atom. The molecule has 0 unspecified atom stereocenters. The number of nitrogens with zero attached hydrogens (tertiary/aromatic N) is 1. The Hall–Kier alpha value is -2.74. The number of methoxy groups -OCH3 is 2. The lowest BCUT2D eigenvalue weighted by atomic mass is 9.96. The average Bonchev–Trinajstić information content (AvgIpc) is 2.67. The van der Waals surface area contributed by atoms with Gasteiger partial charge in [0.05, 0.1) is 32.2 Å². The van der Waals surface area contributed by atoms with Crippen LogP contribution in [-0.2, 0) is 14.8 Å². The van der Waals surface area contributed by atoms with Gasteiger partial charge in [-0.1, -0.05) is 12.1 Å². The highest BCUT2D eigenvalue weighted by Crippen LogP contribution is 2.33. The quantitative estimate of drug-likeness (QED) is 0.689. The SMILES string of the molecule is COc1ccc(OC)c(N(CC(=O)N[C@H](C)c2cc(C)c(C)cc2C)S(C)(=O)=O)c1. The number of aryl methyl sites for hydroxylation is 3. The Labute approximate surface area is 179 Å². The third kappa shape index (κ3) is 5.44. The number of nitrogens with one attached hydrogen (secondary N) is 1. The zero-order chi connectivity index (χ0) is 22.6. The number of carbonyl (C=O) groups is 1. The Morgan fingerprint density at radius 3 is 2.23 bits per heavy atom. The van der Waals surface area contributed by atoms with E-state index in [1.54, 1.807) is 12.1 Å². The van der Waals surface area contributed by atoms with E-state index >= 15 is 0 Å². The number of hydrogen-bond acceptors (Lipinski definition) is 5. The molecule has 0 aliphatic heterocycles. The van der Waals surface area contributed by atoms with Gasteiger partial charge in [0.1, 0.15) is 18.0 Å². The van der Waals surface area contributed by atoms with Crippen molar-refractivity contribution < 1.29 is 22.7 Å². The third-order valence-corrected chi connectivity index (χ3v) is 6.20. The molecule has 0 heterocycles. The highest BCUT2D eigenvalue weighted by atomic mass is 32.2. The van der Waals surface area contributed by atoms with E-state index in [0.717, 1.165) is 27.3 Å². The minimum Gasteiger partial charge on any atom is -0.497 e. The zero-order valence-electron chi connectivity index (χ0n) is 18.6. The number of rotatable bonds is 8. The van der Waals surface area contributed by atoms with Crippen LogP contribution in [0.4, 0.5) is 5.69 Å². The second kappa shape index (κ2) is 9.38. The van der Waals surface area contributed by atoms with E-state index in [0.29, 0.717) is 11.5 Å². The fraction of sp³-hybridized carbons (Fsp3) is 0.409. The number of carbonyl (C=O) groups excluding carboxylic acids is 1. The first-order chi connectivity index (χ1) is 14.0. The molecule has 164 valence electrons. The molecule has 0 fully saturated rings. The lowest BCUT2D eigenvalue weighted by Crippen LogP contribution is -2.41. The maximum atomic E-state index is 12.8. The van der Waals surface area contributed by atoms with Crippen LogP contribution in [0.3, 0.4) is 0 Å². The normalized spacial score (nSPS) is 12.2. The molecule has 0 aromatic heterocycles. The van der Waals surface area contributed by atoms with Crippen molar-refractivity contribution in [1.29, 1.82) is 0 Å². The summed E-state index contributed by atoms with van der Waals surface area (Å²) in [4.78, 5) is 12.8. The van der Waals surface area contributed by atoms with Gasteiger partial charge < -0.3 is 14.8 Å². The molecule has 1 amide bonds. The maximum absolute atomic E-state index is 12.8. The fourth-order valence-corrected chi connectivity index (χ4v) is 4.17. The molecule has 0 aliphatic rings. The van der Waals surface area contributed by atoms with E-state index in [4.69, 9.17) is 9.47 Å². The van der Waals surface area contributed by atoms with Crippen LogP contribution in [0, 0.1) is 20.8 Å². The van der Waals surface area contributed by atoms with Gasteiger partial charge in [-0.05, 0) is 62.1 Å². The van der Waals surface area contributed by atoms with Crippen molar-refractivity contribution in [2.75, 3.05) is 31.3 Å². The molecule has 7 nitrogen and oxygen atoms in total. The van der Waals surface area contributed by atoms with Crippen LogP contribution in [0.15, 0.2) is 30.3 Å². The number of hydrogen-bond donors (Lipinski definition) is 1. The van der Waals surface area contributed by atoms with Gasteiger partial charge in [-0.2, -0.15) is 0 Å². The standard InChI is InChI=1S/C22H30N2O5S/c1-14-10-16(3)19(11-15(14)2)17(4)23-22(25)13-24(30(7,26)27)20-12-18(28-5)8-9-21(20)29-6/h8-12,17H,13H2,1-7H3,(H,23,25)/t17-/m1/s1. The van der Waals surface area contributed by atoms with E-state index in [1.165, 1.54) is 25.8 Å². The molecule has 2 aromatic rings. The average molecular weight is 435 g/mol. The minimum atomic E-state index is -3.75. The molecule has 0 bridgehead atoms. The summed E-state index contributed by atoms with van der Waals surface area (Å²) in [5, 5.41) is 2.90. The molecule has 1 atom stereocenters. The van der Waals surface area contributed by atoms with Crippen LogP contribution in [0.25, 0.3) is 0 Å². The maximum Gasteiger partial charge on any atom is 0.241 e. The minimum absolute atomic E-state index is 0.240. The van der Waals surface area contributed by atoms with E-state index in [2.05, 4.69) is 17.4 Å². The van der Waals surface area contributed by atoms with Crippen LogP contribution in [0.2, 0.25) is 0 Å². The van der Waals surface area contributed by atoms with Crippen LogP contribution in [0.5, 0.6) is 11.5 Å². The number of anilines is 1. The van der Waals surface area contributed by atoms with Crippen molar-refractivity contribution in [1.82, 2.24) is 5.32 Å². The van der Waals surface area contributed by atoms with Gasteiger partial charge in [-0.15, -0.1) is 0 Å². The Bertz CT molecular complexity index is 1030. The predicted molar refractivity (Wildman–Crippen MR) is 119 cm³/mol. The number of benzene rings is 2. The smallest absolute Gasteiger partial charge is 0.241 e. The van der Waals surface area contributed by atoms with Gasteiger partial charge in [-0.25, -0.2) is 8.42 Å². The first kappa shape index (κ1) is 23.5. The summed E-state index contributed by atoms with van der Waals surface area (Å²) in [6, 6.07) is 8.65. The van der Waals surface area contributed by atoms with Crippen molar-refractivity contribution in [2.45, 2.75) is 33.7 Å². The topological polar surface area (TPSA) is 84.9 Å². The summed E-state index contributed by atoms with van der Waals surface area (Å²) in [6.07, 6.45) is 1.05. The lowest BCUT2D eigenvalue weighted by Gasteiger charge is -2.25. The van der Waals surface area contributed by atoms with Gasteiger partial charge in [-0.3, -0.25) is 9.10 Å². The zero-order valence-corrected chi connectivity index (χ0v) is 19.4. The Kier molecular flexibility index (Phi) is 7.36. The van der Waals surface area contributed by atoms with Crippen molar-refractivity contribution in [3.05, 3.63) is 52.6 Å². The first-order valence-corrected chi connectivity index (χ1v) is 11.4. The van der Waals surface area contributed by atoms with E-state index in [-0.39, 0.29) is 18.3 Å². The van der Waals surface area contributed by atoms with Gasteiger partial charge in [0.2, 0.25) is 15.9 Å². The summed E-state index contributed by atoms with van der Waals surface area (Å²) in [5.41, 5.74) is 4.62. The van der Waals surface area contributed by atoms with E-state index < -0.39 is 15.9 Å². The largest absolute Gasteiger partial charge is 0.497 e. The summed E-state index contributed by atoms with van der Waals surface area (Å²) in [5.74, 6) is 0.362. The van der Waals surface area contributed by atoms with Crippen molar-refractivity contribution >= 4 is 21.6 Å². The molecule has 0 spiro atoms. The predicted octanol–water partition coefficient (Wildman–Crippen LogP) is 3.27. The molecule has 2 rings (SSSR count). The lowest BCUT2D eigenvalue weighted by molar-refractivity contribution is -0.120. The fourth-order valence-electron chi connectivity index (χ4n) is 3.32. The molecule has 0 radical (unpaired) electrons. The highest BCUT2D eigenvalue weighted by molar-refractivity contribution is 7.92. The van der Waals surface area contributed by atoms with Crippen LogP contribution in [0.1, 0.15) is 35.2 Å². The Balaban J connectivity index is 2.31. The molecule has 30 heavy (non-hydrogen) atoms. The van der Waals surface area contributed by atoms with Crippen molar-refractivity contribution in [2.24, 2.45) is 0 Å². The molecule has 0 aliphatic carbocycles. The van der Waals surface area contributed by atoms with Gasteiger partial charge in [0.15, 0.2) is 0 Å². The summed E-state index contributed by atoms with van der Waals surface area (Å²) in [7, 11) is -0.831. The number of sulfonamides is 1. The van der Waals surface area contributed by atoms with Gasteiger partial charge in [0, 0.05) is 6.07 Å². The van der Waals surface area contributed by atoms with E-state index in [1.807, 2.05) is 27.7 Å². The molecule has 0 saturated heterocycles. The van der Waals surface area contributed by atoms with Crippen molar-refractivity contribution in [3.8, 4) is 11.5 Å². The van der Waals surface area contributed by atoms with Crippen LogP contribution >= 0.6 is 0 Å². The highest BCUT2D eigenvalue weighted by Gasteiger charge is 2.25. The Morgan fingerprint density at radius 1 is 1.03 bits per heavy atom. The summed E-state index contributed by atoms with van der Waals surface area (Å²) < 4.78 is 36.5. The summed E-state index contributed by atoms with van der Waals surface area (Å²) >= 11 is 0. The second-order valence-electron chi connectivity index (χ2n) is 7.39. The summed E-state index contributed by atoms with van der Waals surface area (Å²) in [6.45, 7) is 7.56. The van der Waals surface area contributed by atoms with Gasteiger partial charge in [0.25, 0.3) is 0 Å². The molecule has 8 heteroatoms. The number of amides is 1. The van der Waals surface area contributed by atoms with Gasteiger partial charge >= 0.3 is 0 Å². The van der Waals surface area contributed by atoms with Crippen LogP contribution < -0.4 is 19.1 Å². The molecule has 0 saturated carbocycles.